The molecule has 180 valence electrons. The number of anilines is 1. The summed E-state index contributed by atoms with van der Waals surface area (Å²) < 4.78 is 7.79. The predicted molar refractivity (Wildman–Crippen MR) is 145 cm³/mol. The van der Waals surface area contributed by atoms with Crippen LogP contribution in [0.15, 0.2) is 55.0 Å². The Kier molecular flexibility index (Phi) is 7.51. The molecule has 0 saturated carbocycles. The monoisotopic (exact) mass is 600 g/mol. The molecule has 0 spiro atoms. The van der Waals surface area contributed by atoms with E-state index in [-0.39, 0.29) is 12.0 Å². The van der Waals surface area contributed by atoms with Gasteiger partial charge in [-0.15, -0.1) is 21.5 Å². The number of carbonyl (C=O) groups is 1. The molecule has 2 atom stereocenters. The van der Waals surface area contributed by atoms with Crippen molar-refractivity contribution in [3.63, 3.8) is 0 Å². The zero-order valence-corrected chi connectivity index (χ0v) is 22.1. The highest BCUT2D eigenvalue weighted by molar-refractivity contribution is 14.1. The number of aromatic nitrogens is 4. The Balaban J connectivity index is 1.57. The fourth-order valence-corrected chi connectivity index (χ4v) is 5.68. The van der Waals surface area contributed by atoms with Crippen LogP contribution in [0.4, 0.5) is 5.82 Å². The molecule has 3 aromatic heterocycles. The van der Waals surface area contributed by atoms with Crippen molar-refractivity contribution >= 4 is 45.7 Å². The SMILES string of the molecule is CC(=O)Nc1cc(-c2cc(C(OC[C@@H]3CCCN3)c3ccc(I)cc3)c(-c3nnc[nH]3)s2)ccn1. The lowest BCUT2D eigenvalue weighted by Crippen LogP contribution is -2.27. The Bertz CT molecular complexity index is 1290. The number of halogens is 1. The lowest BCUT2D eigenvalue weighted by atomic mass is 10.0. The van der Waals surface area contributed by atoms with Crippen molar-refractivity contribution in [1.82, 2.24) is 25.5 Å². The third-order valence-corrected chi connectivity index (χ3v) is 7.75. The van der Waals surface area contributed by atoms with E-state index in [4.69, 9.17) is 4.74 Å². The van der Waals surface area contributed by atoms with Crippen LogP contribution in [0.5, 0.6) is 0 Å². The van der Waals surface area contributed by atoms with Crippen LogP contribution in [0, 0.1) is 3.57 Å². The number of nitrogens with zero attached hydrogens (tertiary/aromatic N) is 3. The van der Waals surface area contributed by atoms with Crippen molar-refractivity contribution < 1.29 is 9.53 Å². The summed E-state index contributed by atoms with van der Waals surface area (Å²) in [6.45, 7) is 3.13. The van der Waals surface area contributed by atoms with E-state index in [2.05, 4.69) is 83.7 Å². The zero-order valence-electron chi connectivity index (χ0n) is 19.1. The molecule has 1 aromatic carbocycles. The standard InChI is InChI=1S/C25H25IN6O2S/c1-15(33)31-22-11-17(8-10-28-22)21-12-20(24(35-21)25-29-14-30-32-25)23(16-4-6-18(26)7-5-16)34-13-19-3-2-9-27-19/h4-8,10-12,14,19,23,27H,2-3,9,13H2,1H3,(H,28,31,33)(H,29,30,32)/t19-,23?/m0/s1. The number of H-pyrrole nitrogens is 1. The van der Waals surface area contributed by atoms with Crippen molar-refractivity contribution in [2.24, 2.45) is 0 Å². The molecule has 8 nitrogen and oxygen atoms in total. The molecule has 5 rings (SSSR count). The molecule has 1 aliphatic rings. The number of benzene rings is 1. The fraction of sp³-hybridized carbons (Fsp3) is 0.280. The van der Waals surface area contributed by atoms with Gasteiger partial charge in [0.15, 0.2) is 5.82 Å². The second kappa shape index (κ2) is 10.9. The van der Waals surface area contributed by atoms with Gasteiger partial charge in [0, 0.05) is 33.2 Å². The van der Waals surface area contributed by atoms with Gasteiger partial charge in [0.05, 0.1) is 11.5 Å². The van der Waals surface area contributed by atoms with Gasteiger partial charge in [-0.05, 0) is 83.4 Å². The third-order valence-electron chi connectivity index (χ3n) is 5.82. The molecule has 0 bridgehead atoms. The number of nitrogens with one attached hydrogen (secondary N) is 3. The van der Waals surface area contributed by atoms with Gasteiger partial charge in [0.25, 0.3) is 0 Å². The molecule has 1 aliphatic heterocycles. The van der Waals surface area contributed by atoms with E-state index in [0.717, 1.165) is 39.4 Å². The minimum Gasteiger partial charge on any atom is -0.367 e. The molecule has 0 radical (unpaired) electrons. The summed E-state index contributed by atoms with van der Waals surface area (Å²) in [6, 6.07) is 14.8. The number of aromatic amines is 1. The number of carbonyl (C=O) groups excluding carboxylic acids is 1. The smallest absolute Gasteiger partial charge is 0.222 e. The number of ether oxygens (including phenoxy) is 1. The van der Waals surface area contributed by atoms with E-state index < -0.39 is 0 Å². The van der Waals surface area contributed by atoms with Gasteiger partial charge in [0.1, 0.15) is 18.2 Å². The Morgan fingerprint density at radius 3 is 2.86 bits per heavy atom. The van der Waals surface area contributed by atoms with Crippen molar-refractivity contribution in [3.05, 3.63) is 69.7 Å². The molecule has 0 aliphatic carbocycles. The topological polar surface area (TPSA) is 105 Å². The van der Waals surface area contributed by atoms with E-state index in [1.165, 1.54) is 16.9 Å². The Morgan fingerprint density at radius 2 is 2.14 bits per heavy atom. The van der Waals surface area contributed by atoms with Crippen molar-refractivity contribution in [2.45, 2.75) is 31.9 Å². The van der Waals surface area contributed by atoms with Crippen molar-refractivity contribution in [1.29, 1.82) is 0 Å². The molecule has 1 saturated heterocycles. The van der Waals surface area contributed by atoms with Crippen LogP contribution >= 0.6 is 33.9 Å². The van der Waals surface area contributed by atoms with Crippen LogP contribution in [-0.4, -0.2) is 45.3 Å². The molecular formula is C25H25IN6O2S. The first-order valence-corrected chi connectivity index (χ1v) is 13.3. The van der Waals surface area contributed by atoms with Gasteiger partial charge >= 0.3 is 0 Å². The largest absolute Gasteiger partial charge is 0.367 e. The molecule has 4 aromatic rings. The van der Waals surface area contributed by atoms with E-state index in [0.29, 0.717) is 24.3 Å². The number of rotatable bonds is 8. The number of hydrogen-bond acceptors (Lipinski definition) is 7. The first kappa shape index (κ1) is 24.0. The first-order chi connectivity index (χ1) is 17.1. The molecule has 35 heavy (non-hydrogen) atoms. The molecule has 1 amide bonds. The summed E-state index contributed by atoms with van der Waals surface area (Å²) in [5.41, 5.74) is 3.07. The highest BCUT2D eigenvalue weighted by atomic mass is 127. The average Bonchev–Trinajstić information content (AvgIpc) is 3.62. The zero-order chi connectivity index (χ0) is 24.2. The lowest BCUT2D eigenvalue weighted by Gasteiger charge is -2.21. The van der Waals surface area contributed by atoms with Crippen LogP contribution in [0.25, 0.3) is 21.1 Å². The molecule has 1 fully saturated rings. The van der Waals surface area contributed by atoms with Crippen molar-refractivity contribution in [2.75, 3.05) is 18.5 Å². The molecule has 4 heterocycles. The summed E-state index contributed by atoms with van der Waals surface area (Å²) in [7, 11) is 0. The van der Waals surface area contributed by atoms with E-state index >= 15 is 0 Å². The van der Waals surface area contributed by atoms with Gasteiger partial charge in [-0.1, -0.05) is 12.1 Å². The van der Waals surface area contributed by atoms with Crippen LogP contribution in [0.1, 0.15) is 37.0 Å². The predicted octanol–water partition coefficient (Wildman–Crippen LogP) is 5.02. The normalized spacial score (nSPS) is 16.3. The van der Waals surface area contributed by atoms with Crippen LogP contribution in [-0.2, 0) is 9.53 Å². The number of thiophene rings is 1. The maximum atomic E-state index is 11.5. The van der Waals surface area contributed by atoms with Crippen molar-refractivity contribution in [3.8, 4) is 21.1 Å². The summed E-state index contributed by atoms with van der Waals surface area (Å²) in [6.07, 6.45) is 5.31. The average molecular weight is 600 g/mol. The highest BCUT2D eigenvalue weighted by Gasteiger charge is 2.26. The summed E-state index contributed by atoms with van der Waals surface area (Å²) in [4.78, 5) is 21.0. The Hall–Kier alpha value is -2.67. The van der Waals surface area contributed by atoms with Gasteiger partial charge < -0.3 is 20.4 Å². The second-order valence-corrected chi connectivity index (χ2v) is 10.7. The molecule has 3 N–H and O–H groups in total. The fourth-order valence-electron chi connectivity index (χ4n) is 4.19. The van der Waals surface area contributed by atoms with E-state index in [9.17, 15) is 4.79 Å². The minimum absolute atomic E-state index is 0.156. The maximum Gasteiger partial charge on any atom is 0.222 e. The number of pyridine rings is 1. The van der Waals surface area contributed by atoms with Crippen LogP contribution < -0.4 is 10.6 Å². The van der Waals surface area contributed by atoms with E-state index in [1.54, 1.807) is 23.9 Å². The summed E-state index contributed by atoms with van der Waals surface area (Å²) in [5.74, 6) is 1.06. The first-order valence-electron chi connectivity index (χ1n) is 11.4. The number of amides is 1. The summed E-state index contributed by atoms with van der Waals surface area (Å²) >= 11 is 3.93. The van der Waals surface area contributed by atoms with Gasteiger partial charge in [-0.3, -0.25) is 4.79 Å². The van der Waals surface area contributed by atoms with Gasteiger partial charge in [-0.2, -0.15) is 0 Å². The molecular weight excluding hydrogens is 575 g/mol. The maximum absolute atomic E-state index is 11.5. The van der Waals surface area contributed by atoms with E-state index in [1.807, 2.05) is 12.1 Å². The second-order valence-electron chi connectivity index (χ2n) is 8.40. The molecule has 10 heteroatoms. The quantitative estimate of drug-likeness (QED) is 0.246. The van der Waals surface area contributed by atoms with Crippen LogP contribution in [0.2, 0.25) is 0 Å². The Labute approximate surface area is 221 Å². The lowest BCUT2D eigenvalue weighted by molar-refractivity contribution is -0.114. The highest BCUT2D eigenvalue weighted by Crippen LogP contribution is 2.43. The summed E-state index contributed by atoms with van der Waals surface area (Å²) in [5, 5.41) is 14.6. The minimum atomic E-state index is -0.267. The van der Waals surface area contributed by atoms with Gasteiger partial charge in [-0.25, -0.2) is 4.98 Å². The molecule has 1 unspecified atom stereocenters. The third kappa shape index (κ3) is 5.77. The number of hydrogen-bond donors (Lipinski definition) is 3. The van der Waals surface area contributed by atoms with Gasteiger partial charge in [0.2, 0.25) is 5.91 Å². The van der Waals surface area contributed by atoms with Crippen LogP contribution in [0.3, 0.4) is 0 Å². The Morgan fingerprint density at radius 1 is 1.29 bits per heavy atom.